The number of hydrogen-bond acceptors (Lipinski definition) is 6. The van der Waals surface area contributed by atoms with Gasteiger partial charge in [-0.2, -0.15) is 0 Å². The Kier molecular flexibility index (Phi) is 6.84. The summed E-state index contributed by atoms with van der Waals surface area (Å²) in [6.07, 6.45) is 3.51. The third-order valence-corrected chi connectivity index (χ3v) is 10.9. The SMILES string of the molecule is CC(C)(C)OC(=O)N1C[C@H](Nc2ncnc3[nH]cc(Cl)c23)C[C@H](O[Si](C)(C)C(C)(C)C)C1. The first-order valence-corrected chi connectivity index (χ1v) is 14.3. The molecule has 1 amide bonds. The highest BCUT2D eigenvalue weighted by Gasteiger charge is 2.42. The Hall–Kier alpha value is -1.84. The van der Waals surface area contributed by atoms with Gasteiger partial charge in [0.25, 0.3) is 0 Å². The van der Waals surface area contributed by atoms with E-state index in [1.165, 1.54) is 6.33 Å². The molecular weight excluding hydrogens is 446 g/mol. The summed E-state index contributed by atoms with van der Waals surface area (Å²) in [4.78, 5) is 26.4. The van der Waals surface area contributed by atoms with Gasteiger partial charge in [0.1, 0.15) is 23.4 Å². The van der Waals surface area contributed by atoms with Crippen LogP contribution in [0.15, 0.2) is 12.5 Å². The first-order valence-electron chi connectivity index (χ1n) is 11.1. The third-order valence-electron chi connectivity index (χ3n) is 6.09. The lowest BCUT2D eigenvalue weighted by atomic mass is 10.0. The number of piperidine rings is 1. The van der Waals surface area contributed by atoms with Crippen molar-refractivity contribution in [2.75, 3.05) is 18.4 Å². The number of aromatic amines is 1. The number of nitrogens with zero attached hydrogens (tertiary/aromatic N) is 3. The lowest BCUT2D eigenvalue weighted by Crippen LogP contribution is -2.56. The van der Waals surface area contributed by atoms with Crippen LogP contribution in [0.1, 0.15) is 48.0 Å². The number of H-pyrrole nitrogens is 1. The molecule has 3 heterocycles. The monoisotopic (exact) mass is 481 g/mol. The Morgan fingerprint density at radius 3 is 2.53 bits per heavy atom. The van der Waals surface area contributed by atoms with Gasteiger partial charge < -0.3 is 24.4 Å². The molecule has 2 atom stereocenters. The second-order valence-corrected chi connectivity index (χ2v) is 16.2. The van der Waals surface area contributed by atoms with Gasteiger partial charge in [0.15, 0.2) is 8.32 Å². The maximum absolute atomic E-state index is 12.9. The molecule has 0 unspecified atom stereocenters. The molecule has 0 aromatic carbocycles. The molecule has 0 spiro atoms. The number of ether oxygens (including phenoxy) is 1. The average molecular weight is 482 g/mol. The number of fused-ring (bicyclic) bond motifs is 1. The van der Waals surface area contributed by atoms with E-state index in [0.29, 0.717) is 29.6 Å². The molecule has 1 aliphatic heterocycles. The fourth-order valence-electron chi connectivity index (χ4n) is 3.54. The van der Waals surface area contributed by atoms with Crippen molar-refractivity contribution < 1.29 is 14.0 Å². The summed E-state index contributed by atoms with van der Waals surface area (Å²) >= 11 is 6.36. The average Bonchev–Trinajstić information content (AvgIpc) is 3.01. The van der Waals surface area contributed by atoms with E-state index in [1.54, 1.807) is 11.1 Å². The number of rotatable bonds is 4. The second kappa shape index (κ2) is 8.83. The summed E-state index contributed by atoms with van der Waals surface area (Å²) < 4.78 is 12.4. The van der Waals surface area contributed by atoms with Gasteiger partial charge in [-0.3, -0.25) is 0 Å². The summed E-state index contributed by atoms with van der Waals surface area (Å²) in [6, 6.07) is -0.0740. The van der Waals surface area contributed by atoms with Crippen molar-refractivity contribution in [3.63, 3.8) is 0 Å². The Balaban J connectivity index is 1.85. The number of hydrogen-bond donors (Lipinski definition) is 2. The summed E-state index contributed by atoms with van der Waals surface area (Å²) in [6.45, 7) is 17.7. The maximum Gasteiger partial charge on any atom is 0.410 e. The van der Waals surface area contributed by atoms with Gasteiger partial charge in [0, 0.05) is 25.3 Å². The highest BCUT2D eigenvalue weighted by molar-refractivity contribution is 6.74. The van der Waals surface area contributed by atoms with Gasteiger partial charge in [-0.05, 0) is 45.3 Å². The van der Waals surface area contributed by atoms with Crippen molar-refractivity contribution in [2.24, 2.45) is 0 Å². The molecule has 0 aliphatic carbocycles. The van der Waals surface area contributed by atoms with Gasteiger partial charge in [-0.1, -0.05) is 32.4 Å². The normalized spacial score (nSPS) is 20.5. The molecule has 178 valence electrons. The topological polar surface area (TPSA) is 92.4 Å². The fraction of sp³-hybridized carbons (Fsp3) is 0.682. The standard InChI is InChI=1S/C22H36ClN5O3Si/c1-21(2,3)30-20(29)28-11-14(9-15(12-28)31-32(7,8)22(4,5)6)27-19-17-16(23)10-24-18(17)25-13-26-19/h10,13-15H,9,11-12H2,1-8H3,(H2,24,25,26,27)/t14-,15+/m1/s1. The minimum atomic E-state index is -2.03. The Morgan fingerprint density at radius 2 is 1.91 bits per heavy atom. The molecule has 2 aromatic rings. The largest absolute Gasteiger partial charge is 0.444 e. The van der Waals surface area contributed by atoms with Gasteiger partial charge in [-0.25, -0.2) is 14.8 Å². The maximum atomic E-state index is 12.9. The van der Waals surface area contributed by atoms with Crippen LogP contribution in [-0.2, 0) is 9.16 Å². The summed E-state index contributed by atoms with van der Waals surface area (Å²) in [7, 11) is -2.03. The quantitative estimate of drug-likeness (QED) is 0.566. The minimum Gasteiger partial charge on any atom is -0.444 e. The molecule has 0 bridgehead atoms. The highest BCUT2D eigenvalue weighted by Crippen LogP contribution is 2.38. The first-order chi connectivity index (χ1) is 14.7. The minimum absolute atomic E-state index is 0.0710. The van der Waals surface area contributed by atoms with Gasteiger partial charge in [0.05, 0.1) is 16.5 Å². The highest BCUT2D eigenvalue weighted by atomic mass is 35.5. The molecule has 1 saturated heterocycles. The van der Waals surface area contributed by atoms with E-state index in [4.69, 9.17) is 20.8 Å². The number of halogens is 1. The van der Waals surface area contributed by atoms with Crippen LogP contribution in [0.25, 0.3) is 11.0 Å². The van der Waals surface area contributed by atoms with Crippen molar-refractivity contribution in [1.82, 2.24) is 19.9 Å². The van der Waals surface area contributed by atoms with Crippen LogP contribution in [0.4, 0.5) is 10.6 Å². The Morgan fingerprint density at radius 1 is 1.22 bits per heavy atom. The van der Waals surface area contributed by atoms with E-state index in [-0.39, 0.29) is 23.3 Å². The molecule has 1 fully saturated rings. The number of amides is 1. The number of anilines is 1. The molecule has 10 heteroatoms. The van der Waals surface area contributed by atoms with Crippen LogP contribution in [0, 0.1) is 0 Å². The summed E-state index contributed by atoms with van der Waals surface area (Å²) in [5.41, 5.74) is 0.103. The number of likely N-dealkylation sites (tertiary alicyclic amines) is 1. The first kappa shape index (κ1) is 24.8. The molecule has 1 aliphatic rings. The van der Waals surface area contributed by atoms with Crippen LogP contribution >= 0.6 is 11.6 Å². The fourth-order valence-corrected chi connectivity index (χ4v) is 5.13. The third kappa shape index (κ3) is 5.74. The zero-order chi connectivity index (χ0) is 23.9. The second-order valence-electron chi connectivity index (χ2n) is 11.0. The molecule has 8 nitrogen and oxygen atoms in total. The van der Waals surface area contributed by atoms with Crippen LogP contribution in [0.2, 0.25) is 23.2 Å². The number of carbonyl (C=O) groups excluding carboxylic acids is 1. The van der Waals surface area contributed by atoms with E-state index in [9.17, 15) is 4.79 Å². The van der Waals surface area contributed by atoms with E-state index >= 15 is 0 Å². The van der Waals surface area contributed by atoms with E-state index < -0.39 is 13.9 Å². The van der Waals surface area contributed by atoms with Gasteiger partial charge >= 0.3 is 6.09 Å². The molecule has 2 aromatic heterocycles. The van der Waals surface area contributed by atoms with Crippen molar-refractivity contribution >= 4 is 42.9 Å². The molecule has 32 heavy (non-hydrogen) atoms. The van der Waals surface area contributed by atoms with E-state index in [2.05, 4.69) is 54.1 Å². The van der Waals surface area contributed by atoms with Crippen molar-refractivity contribution in [1.29, 1.82) is 0 Å². The number of nitrogens with one attached hydrogen (secondary N) is 2. The van der Waals surface area contributed by atoms with Gasteiger partial charge in [0.2, 0.25) is 0 Å². The lowest BCUT2D eigenvalue weighted by Gasteiger charge is -2.44. The Labute approximate surface area is 196 Å². The molecular formula is C22H36ClN5O3Si. The molecule has 0 saturated carbocycles. The molecule has 2 N–H and O–H groups in total. The zero-order valence-corrected chi connectivity index (χ0v) is 22.1. The van der Waals surface area contributed by atoms with Crippen LogP contribution < -0.4 is 5.32 Å². The van der Waals surface area contributed by atoms with Crippen LogP contribution in [0.3, 0.4) is 0 Å². The van der Waals surface area contributed by atoms with Crippen LogP contribution in [0.5, 0.6) is 0 Å². The number of aromatic nitrogens is 3. The predicted octanol–water partition coefficient (Wildman–Crippen LogP) is 5.42. The lowest BCUT2D eigenvalue weighted by molar-refractivity contribution is 0.00391. The van der Waals surface area contributed by atoms with Crippen molar-refractivity contribution in [3.05, 3.63) is 17.5 Å². The predicted molar refractivity (Wildman–Crippen MR) is 131 cm³/mol. The number of carbonyl (C=O) groups is 1. The van der Waals surface area contributed by atoms with E-state index in [0.717, 1.165) is 11.8 Å². The Bertz CT molecular complexity index is 967. The van der Waals surface area contributed by atoms with Gasteiger partial charge in [-0.15, -0.1) is 0 Å². The zero-order valence-electron chi connectivity index (χ0n) is 20.4. The van der Waals surface area contributed by atoms with Crippen molar-refractivity contribution in [2.45, 2.75) is 83.8 Å². The molecule has 0 radical (unpaired) electrons. The van der Waals surface area contributed by atoms with E-state index in [1.807, 2.05) is 20.8 Å². The summed E-state index contributed by atoms with van der Waals surface area (Å²) in [5.74, 6) is 0.642. The van der Waals surface area contributed by atoms with Crippen LogP contribution in [-0.4, -0.2) is 65.1 Å². The summed E-state index contributed by atoms with van der Waals surface area (Å²) in [5, 5.41) is 4.85. The van der Waals surface area contributed by atoms with Crippen molar-refractivity contribution in [3.8, 4) is 0 Å². The molecule has 3 rings (SSSR count). The smallest absolute Gasteiger partial charge is 0.410 e.